The highest BCUT2D eigenvalue weighted by molar-refractivity contribution is 7.89. The zero-order chi connectivity index (χ0) is 15.4. The molecule has 1 aromatic carbocycles. The molecule has 4 nitrogen and oxygen atoms in total. The van der Waals surface area contributed by atoms with Gasteiger partial charge in [0.2, 0.25) is 10.0 Å². The summed E-state index contributed by atoms with van der Waals surface area (Å²) in [4.78, 5) is 0.325. The highest BCUT2D eigenvalue weighted by atomic mass is 32.2. The third-order valence-corrected chi connectivity index (χ3v) is 4.57. The van der Waals surface area contributed by atoms with Crippen LogP contribution in [0.2, 0.25) is 0 Å². The van der Waals surface area contributed by atoms with E-state index in [2.05, 4.69) is 17.0 Å². The number of hydrogen-bond donors (Lipinski definition) is 2. The van der Waals surface area contributed by atoms with Crippen LogP contribution in [-0.4, -0.2) is 20.5 Å². The van der Waals surface area contributed by atoms with Gasteiger partial charge in [-0.3, -0.25) is 0 Å². The van der Waals surface area contributed by atoms with Crippen molar-refractivity contribution in [3.8, 4) is 0 Å². The van der Waals surface area contributed by atoms with E-state index < -0.39 is 15.6 Å². The second-order valence-electron chi connectivity index (χ2n) is 6.12. The highest BCUT2D eigenvalue weighted by Crippen LogP contribution is 2.17. The maximum absolute atomic E-state index is 12.3. The van der Waals surface area contributed by atoms with E-state index in [1.54, 1.807) is 12.1 Å². The Morgan fingerprint density at radius 1 is 1.20 bits per heavy atom. The molecule has 0 amide bonds. The van der Waals surface area contributed by atoms with Crippen molar-refractivity contribution in [3.63, 3.8) is 0 Å². The third-order valence-electron chi connectivity index (χ3n) is 2.81. The van der Waals surface area contributed by atoms with Gasteiger partial charge in [0.05, 0.1) is 4.90 Å². The van der Waals surface area contributed by atoms with Gasteiger partial charge in [-0.25, -0.2) is 13.1 Å². The van der Waals surface area contributed by atoms with Crippen molar-refractivity contribution in [2.24, 2.45) is 0 Å². The molecule has 0 aliphatic carbocycles. The Balaban J connectivity index is 2.99. The van der Waals surface area contributed by atoms with Crippen LogP contribution in [0, 0.1) is 6.92 Å². The summed E-state index contributed by atoms with van der Waals surface area (Å²) in [6.07, 6.45) is 1.06. The third kappa shape index (κ3) is 5.23. The Labute approximate surface area is 123 Å². The van der Waals surface area contributed by atoms with E-state index in [-0.39, 0.29) is 0 Å². The van der Waals surface area contributed by atoms with Crippen LogP contribution >= 0.6 is 0 Å². The maximum atomic E-state index is 12.3. The molecule has 0 aromatic heterocycles. The number of sulfonamides is 1. The molecule has 5 heteroatoms. The average Bonchev–Trinajstić information content (AvgIpc) is 2.28. The quantitative estimate of drug-likeness (QED) is 0.794. The van der Waals surface area contributed by atoms with Gasteiger partial charge >= 0.3 is 0 Å². The summed E-state index contributed by atoms with van der Waals surface area (Å²) in [5.41, 5.74) is 1.64. The lowest BCUT2D eigenvalue weighted by molar-refractivity contribution is 0.491. The first-order valence-electron chi connectivity index (χ1n) is 7.00. The molecule has 0 fully saturated rings. The molecule has 0 saturated heterocycles. The molecule has 0 saturated carbocycles. The molecule has 0 bridgehead atoms. The number of benzene rings is 1. The first kappa shape index (κ1) is 17.1. The smallest absolute Gasteiger partial charge is 0.241 e. The summed E-state index contributed by atoms with van der Waals surface area (Å²) >= 11 is 0. The first-order valence-corrected chi connectivity index (χ1v) is 8.48. The van der Waals surface area contributed by atoms with Gasteiger partial charge in [-0.2, -0.15) is 0 Å². The molecule has 20 heavy (non-hydrogen) atoms. The lowest BCUT2D eigenvalue weighted by Gasteiger charge is -2.21. The Morgan fingerprint density at radius 3 is 2.40 bits per heavy atom. The van der Waals surface area contributed by atoms with Crippen molar-refractivity contribution in [3.05, 3.63) is 29.3 Å². The monoisotopic (exact) mass is 298 g/mol. The summed E-state index contributed by atoms with van der Waals surface area (Å²) in [6.45, 7) is 11.2. The SMILES string of the molecule is CCCNCc1cc(S(=O)(=O)NC(C)(C)C)ccc1C. The number of aryl methyl sites for hydroxylation is 1. The molecule has 0 atom stereocenters. The Kier molecular flexibility index (Phi) is 5.74. The van der Waals surface area contributed by atoms with E-state index in [1.807, 2.05) is 33.8 Å². The summed E-state index contributed by atoms with van der Waals surface area (Å²) in [5.74, 6) is 0. The van der Waals surface area contributed by atoms with Gasteiger partial charge in [-0.15, -0.1) is 0 Å². The Bertz CT molecular complexity index is 545. The van der Waals surface area contributed by atoms with Gasteiger partial charge in [0.1, 0.15) is 0 Å². The van der Waals surface area contributed by atoms with Crippen LogP contribution in [0.4, 0.5) is 0 Å². The van der Waals surface area contributed by atoms with Gasteiger partial charge in [0.25, 0.3) is 0 Å². The lowest BCUT2D eigenvalue weighted by Crippen LogP contribution is -2.40. The standard InChI is InChI=1S/C15H26N2O2S/c1-6-9-16-11-13-10-14(8-7-12(13)2)20(18,19)17-15(3,4)5/h7-8,10,16-17H,6,9,11H2,1-5H3. The van der Waals surface area contributed by atoms with Crippen LogP contribution in [-0.2, 0) is 16.6 Å². The fourth-order valence-electron chi connectivity index (χ4n) is 1.87. The highest BCUT2D eigenvalue weighted by Gasteiger charge is 2.22. The van der Waals surface area contributed by atoms with Crippen LogP contribution < -0.4 is 10.0 Å². The van der Waals surface area contributed by atoms with Crippen LogP contribution in [0.1, 0.15) is 45.2 Å². The molecule has 2 N–H and O–H groups in total. The zero-order valence-corrected chi connectivity index (χ0v) is 13.9. The fourth-order valence-corrected chi connectivity index (χ4v) is 3.34. The van der Waals surface area contributed by atoms with Crippen molar-refractivity contribution < 1.29 is 8.42 Å². The predicted molar refractivity (Wildman–Crippen MR) is 83.3 cm³/mol. The van der Waals surface area contributed by atoms with Crippen molar-refractivity contribution in [1.82, 2.24) is 10.0 Å². The molecule has 0 unspecified atom stereocenters. The largest absolute Gasteiger partial charge is 0.313 e. The minimum Gasteiger partial charge on any atom is -0.313 e. The number of rotatable bonds is 6. The molecular weight excluding hydrogens is 272 g/mol. The van der Waals surface area contributed by atoms with Crippen LogP contribution in [0.15, 0.2) is 23.1 Å². The van der Waals surface area contributed by atoms with Crippen molar-refractivity contribution in [1.29, 1.82) is 0 Å². The molecule has 114 valence electrons. The van der Waals surface area contributed by atoms with Crippen molar-refractivity contribution in [2.45, 2.75) is 58.0 Å². The summed E-state index contributed by atoms with van der Waals surface area (Å²) in [7, 11) is -3.47. The minimum atomic E-state index is -3.47. The van der Waals surface area contributed by atoms with Crippen molar-refractivity contribution in [2.75, 3.05) is 6.54 Å². The first-order chi connectivity index (χ1) is 9.15. The summed E-state index contributed by atoms with van der Waals surface area (Å²) in [5, 5.41) is 3.30. The summed E-state index contributed by atoms with van der Waals surface area (Å²) < 4.78 is 27.3. The molecule has 1 rings (SSSR count). The summed E-state index contributed by atoms with van der Waals surface area (Å²) in [6, 6.07) is 5.28. The zero-order valence-electron chi connectivity index (χ0n) is 13.1. The van der Waals surface area contributed by atoms with Crippen molar-refractivity contribution >= 4 is 10.0 Å². The van der Waals surface area contributed by atoms with Crippen LogP contribution in [0.5, 0.6) is 0 Å². The molecule has 1 aromatic rings. The molecular formula is C15H26N2O2S. The van der Waals surface area contributed by atoms with Gasteiger partial charge in [-0.1, -0.05) is 13.0 Å². The van der Waals surface area contributed by atoms with Crippen LogP contribution in [0.25, 0.3) is 0 Å². The fraction of sp³-hybridized carbons (Fsp3) is 0.600. The van der Waals surface area contributed by atoms with E-state index in [4.69, 9.17) is 0 Å². The van der Waals surface area contributed by atoms with E-state index >= 15 is 0 Å². The second kappa shape index (κ2) is 6.70. The number of hydrogen-bond acceptors (Lipinski definition) is 3. The average molecular weight is 298 g/mol. The topological polar surface area (TPSA) is 58.2 Å². The molecule has 0 spiro atoms. The second-order valence-corrected chi connectivity index (χ2v) is 7.80. The van der Waals surface area contributed by atoms with Crippen LogP contribution in [0.3, 0.4) is 0 Å². The van der Waals surface area contributed by atoms with E-state index in [1.165, 1.54) is 0 Å². The van der Waals surface area contributed by atoms with Gasteiger partial charge in [0.15, 0.2) is 0 Å². The minimum absolute atomic E-state index is 0.325. The number of nitrogens with one attached hydrogen (secondary N) is 2. The van der Waals surface area contributed by atoms with E-state index in [0.717, 1.165) is 24.1 Å². The predicted octanol–water partition coefficient (Wildman–Crippen LogP) is 2.57. The Hall–Kier alpha value is -0.910. The lowest BCUT2D eigenvalue weighted by atomic mass is 10.1. The van der Waals surface area contributed by atoms with Gasteiger partial charge in [0, 0.05) is 12.1 Å². The maximum Gasteiger partial charge on any atom is 0.241 e. The van der Waals surface area contributed by atoms with E-state index in [0.29, 0.717) is 11.4 Å². The van der Waals surface area contributed by atoms with E-state index in [9.17, 15) is 8.42 Å². The molecule has 0 aliphatic heterocycles. The molecule has 0 heterocycles. The van der Waals surface area contributed by atoms with Gasteiger partial charge in [-0.05, 0) is 63.9 Å². The molecule has 0 aliphatic rings. The molecule has 0 radical (unpaired) electrons. The normalized spacial score (nSPS) is 12.7. The Morgan fingerprint density at radius 2 is 1.85 bits per heavy atom. The van der Waals surface area contributed by atoms with Gasteiger partial charge < -0.3 is 5.32 Å².